The Morgan fingerprint density at radius 1 is 0.197 bits per heavy atom. The summed E-state index contributed by atoms with van der Waals surface area (Å²) < 4.78 is 0. The van der Waals surface area contributed by atoms with E-state index >= 15 is 0 Å². The van der Waals surface area contributed by atoms with E-state index < -0.39 is 0 Å². The molecule has 0 aliphatic rings. The summed E-state index contributed by atoms with van der Waals surface area (Å²) in [5, 5.41) is 0. The number of hydrogen-bond donors (Lipinski definition) is 0. The smallest absolute Gasteiger partial charge is 0.199 e. The Kier molecular flexibility index (Phi) is 19.7. The van der Waals surface area contributed by atoms with Gasteiger partial charge in [-0.1, -0.05) is 235 Å². The van der Waals surface area contributed by atoms with E-state index in [0.29, 0.717) is 0 Å². The molecular weight excluding hydrogens is 769 g/mol. The Morgan fingerprint density at radius 2 is 0.279 bits per heavy atom. The van der Waals surface area contributed by atoms with Gasteiger partial charge < -0.3 is 0 Å². The minimum absolute atomic E-state index is 0. The van der Waals surface area contributed by atoms with Crippen molar-refractivity contribution in [1.82, 2.24) is 0 Å². The summed E-state index contributed by atoms with van der Waals surface area (Å²) in [5.41, 5.74) is 17.1. The van der Waals surface area contributed by atoms with Gasteiger partial charge in [-0.05, 0) is 43.3 Å². The summed E-state index contributed by atoms with van der Waals surface area (Å²) in [6.07, 6.45) is 0. The number of rotatable bonds is 0. The SMILES string of the molecule is [CH2-]c1cc(C(C)(C)C)cc(C(C)(C)C)c1.[CH2-]c1cc(C(C)(C)C)cc(C(C)(C)C)c1.[CH2-]c1cc(C(C)(C)C)cc(C(C)(C)C)c1.[CH2-]c1cc(C(C)(C)C)cc(C(C)(C)C)c1.[Ti+4]. The summed E-state index contributed by atoms with van der Waals surface area (Å²) in [4.78, 5) is 0. The zero-order valence-electron chi connectivity index (χ0n) is 44.3. The maximum atomic E-state index is 4.07. The summed E-state index contributed by atoms with van der Waals surface area (Å²) in [6.45, 7) is 70.1. The second-order valence-corrected chi connectivity index (χ2v) is 25.7. The first-order chi connectivity index (χ1) is 26.4. The molecule has 0 heterocycles. The van der Waals surface area contributed by atoms with Gasteiger partial charge in [0.05, 0.1) is 0 Å². The largest absolute Gasteiger partial charge is 4.00 e. The van der Waals surface area contributed by atoms with Crippen LogP contribution in [-0.2, 0) is 65.0 Å². The minimum Gasteiger partial charge on any atom is -0.199 e. The standard InChI is InChI=1S/4C15H23.Ti/c4*1-11-8-12(14(2,3)4)10-13(9-11)15(5,6)7;/h4*8-10H,1H2,2-7H3;/q4*-1;+4. The summed E-state index contributed by atoms with van der Waals surface area (Å²) in [6, 6.07) is 26.8. The first-order valence-corrected chi connectivity index (χ1v) is 22.3. The van der Waals surface area contributed by atoms with E-state index in [9.17, 15) is 0 Å². The van der Waals surface area contributed by atoms with E-state index in [2.05, 4.69) is 267 Å². The molecule has 0 N–H and O–H groups in total. The molecule has 4 rings (SSSR count). The third-order valence-electron chi connectivity index (χ3n) is 10.9. The van der Waals surface area contributed by atoms with Crippen LogP contribution < -0.4 is 0 Å². The molecule has 1 heteroatoms. The predicted octanol–water partition coefficient (Wildman–Crippen LogP) is 17.9. The van der Waals surface area contributed by atoms with Crippen LogP contribution in [0.1, 0.15) is 233 Å². The van der Waals surface area contributed by atoms with Crippen molar-refractivity contribution < 1.29 is 21.7 Å². The van der Waals surface area contributed by atoms with Crippen LogP contribution in [0.3, 0.4) is 0 Å². The summed E-state index contributed by atoms with van der Waals surface area (Å²) in [7, 11) is 0. The molecule has 0 fully saturated rings. The number of hydrogen-bond acceptors (Lipinski definition) is 0. The van der Waals surface area contributed by atoms with E-state index in [1.165, 1.54) is 44.5 Å². The van der Waals surface area contributed by atoms with Gasteiger partial charge in [0, 0.05) is 0 Å². The molecule has 0 aliphatic carbocycles. The molecule has 0 amide bonds. The van der Waals surface area contributed by atoms with Gasteiger partial charge in [-0.3, -0.25) is 0 Å². The zero-order chi connectivity index (χ0) is 47.4. The van der Waals surface area contributed by atoms with Crippen molar-refractivity contribution in [3.8, 4) is 0 Å². The first-order valence-electron chi connectivity index (χ1n) is 22.3. The van der Waals surface area contributed by atoms with Gasteiger partial charge in [0.1, 0.15) is 0 Å². The van der Waals surface area contributed by atoms with Crippen molar-refractivity contribution in [2.45, 2.75) is 209 Å². The van der Waals surface area contributed by atoms with Crippen LogP contribution in [0.15, 0.2) is 72.8 Å². The summed E-state index contributed by atoms with van der Waals surface area (Å²) >= 11 is 0. The molecule has 0 unspecified atom stereocenters. The van der Waals surface area contributed by atoms with Crippen molar-refractivity contribution in [2.24, 2.45) is 0 Å². The minimum atomic E-state index is 0. The normalized spacial score (nSPS) is 12.7. The molecule has 0 bridgehead atoms. The number of benzene rings is 4. The van der Waals surface area contributed by atoms with E-state index in [4.69, 9.17) is 0 Å². The fraction of sp³-hybridized carbons (Fsp3) is 0.533. The van der Waals surface area contributed by atoms with Gasteiger partial charge in [0.25, 0.3) is 0 Å². The van der Waals surface area contributed by atoms with Crippen LogP contribution in [0, 0.1) is 27.7 Å². The van der Waals surface area contributed by atoms with Crippen LogP contribution in [0.5, 0.6) is 0 Å². The molecular formula is C60H92Ti. The maximum absolute atomic E-state index is 4.07. The van der Waals surface area contributed by atoms with Gasteiger partial charge in [-0.2, -0.15) is 98.5 Å². The van der Waals surface area contributed by atoms with Crippen LogP contribution in [0.25, 0.3) is 0 Å². The van der Waals surface area contributed by atoms with Crippen molar-refractivity contribution >= 4 is 0 Å². The van der Waals surface area contributed by atoms with Crippen molar-refractivity contribution in [3.63, 3.8) is 0 Å². The van der Waals surface area contributed by atoms with Crippen molar-refractivity contribution in [3.05, 3.63) is 167 Å². The van der Waals surface area contributed by atoms with Crippen LogP contribution in [0.4, 0.5) is 0 Å². The third kappa shape index (κ3) is 20.0. The fourth-order valence-corrected chi connectivity index (χ4v) is 6.23. The Morgan fingerprint density at radius 3 is 0.344 bits per heavy atom. The van der Waals surface area contributed by atoms with Gasteiger partial charge in [0.2, 0.25) is 0 Å². The van der Waals surface area contributed by atoms with Crippen molar-refractivity contribution in [2.75, 3.05) is 0 Å². The van der Waals surface area contributed by atoms with Gasteiger partial charge >= 0.3 is 21.7 Å². The topological polar surface area (TPSA) is 0 Å². The van der Waals surface area contributed by atoms with Crippen LogP contribution >= 0.6 is 0 Å². The van der Waals surface area contributed by atoms with E-state index in [1.807, 2.05) is 0 Å². The third-order valence-corrected chi connectivity index (χ3v) is 10.9. The average Bonchev–Trinajstić information content (AvgIpc) is 3.01. The summed E-state index contributed by atoms with van der Waals surface area (Å²) in [5.74, 6) is 0. The van der Waals surface area contributed by atoms with Crippen LogP contribution in [0.2, 0.25) is 0 Å². The van der Waals surface area contributed by atoms with E-state index in [-0.39, 0.29) is 65.0 Å². The molecule has 4 aromatic rings. The van der Waals surface area contributed by atoms with Gasteiger partial charge in [-0.15, -0.1) is 0 Å². The molecule has 0 aliphatic heterocycles. The Bertz CT molecular complexity index is 1550. The second-order valence-electron chi connectivity index (χ2n) is 25.7. The maximum Gasteiger partial charge on any atom is 4.00 e. The molecule has 0 aromatic heterocycles. The quantitative estimate of drug-likeness (QED) is 0.122. The van der Waals surface area contributed by atoms with Gasteiger partial charge in [0.15, 0.2) is 0 Å². The molecule has 0 nitrogen and oxygen atoms in total. The second kappa shape index (κ2) is 20.7. The zero-order valence-corrected chi connectivity index (χ0v) is 45.8. The molecule has 4 aromatic carbocycles. The van der Waals surface area contributed by atoms with E-state index in [1.54, 1.807) is 0 Å². The molecule has 61 heavy (non-hydrogen) atoms. The Balaban J connectivity index is 0.000000783. The monoisotopic (exact) mass is 861 g/mol. The van der Waals surface area contributed by atoms with Crippen molar-refractivity contribution in [1.29, 1.82) is 0 Å². The first kappa shape index (κ1) is 58.1. The van der Waals surface area contributed by atoms with Crippen LogP contribution in [-0.4, -0.2) is 0 Å². The van der Waals surface area contributed by atoms with Gasteiger partial charge in [-0.25, -0.2) is 0 Å². The molecule has 0 saturated carbocycles. The average molecular weight is 861 g/mol. The molecule has 0 saturated heterocycles. The Hall–Kier alpha value is -2.93. The van der Waals surface area contributed by atoms with E-state index in [0.717, 1.165) is 22.3 Å². The molecule has 336 valence electrons. The predicted molar refractivity (Wildman–Crippen MR) is 273 cm³/mol. The molecule has 0 spiro atoms. The molecule has 0 radical (unpaired) electrons. The fourth-order valence-electron chi connectivity index (χ4n) is 6.23. The molecule has 0 atom stereocenters. The Labute approximate surface area is 396 Å².